The largest absolute Gasteiger partial charge is 0.280 e. The summed E-state index contributed by atoms with van der Waals surface area (Å²) in [4.78, 5) is -0.357. The summed E-state index contributed by atoms with van der Waals surface area (Å²) in [6.07, 6.45) is 1.57. The molecule has 0 spiro atoms. The number of benzene rings is 2. The first kappa shape index (κ1) is 18.1. The van der Waals surface area contributed by atoms with E-state index in [2.05, 4.69) is 9.44 Å². The standard InChI is InChI=1S/C15H14ClFN2O4S2/c16-14-8-10(17)4-7-15(14)25(22,23)19-12-2-1-3-13(9-12)24(20,21)18-11-5-6-11/h1-4,7-9,11,18-19H,5-6H2. The molecular formula is C15H14ClFN2O4S2. The molecule has 0 amide bonds. The van der Waals surface area contributed by atoms with Crippen LogP contribution in [0.25, 0.3) is 0 Å². The van der Waals surface area contributed by atoms with E-state index in [1.54, 1.807) is 0 Å². The van der Waals surface area contributed by atoms with Crippen LogP contribution in [0, 0.1) is 5.82 Å². The zero-order chi connectivity index (χ0) is 18.2. The van der Waals surface area contributed by atoms with Crippen molar-refractivity contribution in [3.05, 3.63) is 53.3 Å². The quantitative estimate of drug-likeness (QED) is 0.774. The maximum Gasteiger partial charge on any atom is 0.263 e. The van der Waals surface area contributed by atoms with Crippen molar-refractivity contribution in [3.8, 4) is 0 Å². The molecule has 1 saturated carbocycles. The Morgan fingerprint density at radius 1 is 1.00 bits per heavy atom. The number of nitrogens with one attached hydrogen (secondary N) is 2. The maximum absolute atomic E-state index is 13.1. The molecule has 0 aromatic heterocycles. The molecule has 0 aliphatic heterocycles. The molecular weight excluding hydrogens is 391 g/mol. The molecule has 0 radical (unpaired) electrons. The zero-order valence-corrected chi connectivity index (χ0v) is 15.1. The third kappa shape index (κ3) is 4.30. The van der Waals surface area contributed by atoms with Crippen molar-refractivity contribution in [2.75, 3.05) is 4.72 Å². The molecule has 3 rings (SSSR count). The van der Waals surface area contributed by atoms with Crippen LogP contribution in [0.5, 0.6) is 0 Å². The molecule has 2 N–H and O–H groups in total. The van der Waals surface area contributed by atoms with E-state index in [0.29, 0.717) is 0 Å². The van der Waals surface area contributed by atoms with Crippen molar-refractivity contribution in [1.29, 1.82) is 0 Å². The van der Waals surface area contributed by atoms with Crippen molar-refractivity contribution in [3.63, 3.8) is 0 Å². The minimum absolute atomic E-state index is 0.0511. The normalized spacial score (nSPS) is 15.1. The summed E-state index contributed by atoms with van der Waals surface area (Å²) in [5, 5.41) is -0.272. The van der Waals surface area contributed by atoms with Crippen LogP contribution in [0.2, 0.25) is 5.02 Å². The molecule has 0 saturated heterocycles. The van der Waals surface area contributed by atoms with Crippen LogP contribution in [-0.2, 0) is 20.0 Å². The molecule has 0 heterocycles. The Morgan fingerprint density at radius 2 is 1.72 bits per heavy atom. The van der Waals surface area contributed by atoms with Crippen LogP contribution >= 0.6 is 11.6 Å². The maximum atomic E-state index is 13.1. The van der Waals surface area contributed by atoms with Gasteiger partial charge >= 0.3 is 0 Å². The molecule has 2 aromatic rings. The van der Waals surface area contributed by atoms with Gasteiger partial charge in [-0.2, -0.15) is 0 Å². The first-order chi connectivity index (χ1) is 11.7. The third-order valence-electron chi connectivity index (χ3n) is 3.48. The van der Waals surface area contributed by atoms with Crippen LogP contribution in [0.1, 0.15) is 12.8 Å². The van der Waals surface area contributed by atoms with Gasteiger partial charge in [0.05, 0.1) is 15.6 Å². The summed E-state index contributed by atoms with van der Waals surface area (Å²) in [5.74, 6) is -0.664. The van der Waals surface area contributed by atoms with Gasteiger partial charge in [-0.25, -0.2) is 25.9 Å². The lowest BCUT2D eigenvalue weighted by Gasteiger charge is -2.11. The second-order valence-electron chi connectivity index (χ2n) is 5.60. The Labute approximate surface area is 150 Å². The average Bonchev–Trinajstić information content (AvgIpc) is 3.30. The fourth-order valence-corrected chi connectivity index (χ4v) is 5.05. The number of sulfonamides is 2. The highest BCUT2D eigenvalue weighted by atomic mass is 35.5. The monoisotopic (exact) mass is 404 g/mol. The van der Waals surface area contributed by atoms with Gasteiger partial charge in [-0.3, -0.25) is 4.72 Å². The zero-order valence-electron chi connectivity index (χ0n) is 12.7. The predicted molar refractivity (Wildman–Crippen MR) is 92.0 cm³/mol. The Morgan fingerprint density at radius 3 is 2.36 bits per heavy atom. The Kier molecular flexibility index (Phi) is 4.76. The summed E-state index contributed by atoms with van der Waals surface area (Å²) in [6.45, 7) is 0. The lowest BCUT2D eigenvalue weighted by Crippen LogP contribution is -2.25. The van der Waals surface area contributed by atoms with Crippen molar-refractivity contribution in [2.24, 2.45) is 0 Å². The number of hydrogen-bond acceptors (Lipinski definition) is 4. The van der Waals surface area contributed by atoms with Gasteiger partial charge in [0, 0.05) is 6.04 Å². The van der Waals surface area contributed by atoms with Gasteiger partial charge in [0.1, 0.15) is 10.7 Å². The predicted octanol–water partition coefficient (Wildman–Crippen LogP) is 2.72. The number of anilines is 1. The van der Waals surface area contributed by atoms with Gasteiger partial charge < -0.3 is 0 Å². The average molecular weight is 405 g/mol. The van der Waals surface area contributed by atoms with E-state index >= 15 is 0 Å². The summed E-state index contributed by atoms with van der Waals surface area (Å²) < 4.78 is 67.1. The first-order valence-electron chi connectivity index (χ1n) is 7.28. The highest BCUT2D eigenvalue weighted by Crippen LogP contribution is 2.26. The fourth-order valence-electron chi connectivity index (χ4n) is 2.12. The smallest absolute Gasteiger partial charge is 0.263 e. The molecule has 134 valence electrons. The molecule has 6 nitrogen and oxygen atoms in total. The number of hydrogen-bond donors (Lipinski definition) is 2. The molecule has 2 aromatic carbocycles. The van der Waals surface area contributed by atoms with E-state index in [1.165, 1.54) is 24.3 Å². The second-order valence-corrected chi connectivity index (χ2v) is 9.38. The molecule has 0 atom stereocenters. The topological polar surface area (TPSA) is 92.3 Å². The van der Waals surface area contributed by atoms with Crippen molar-refractivity contribution < 1.29 is 21.2 Å². The van der Waals surface area contributed by atoms with Gasteiger partial charge in [0.2, 0.25) is 10.0 Å². The lowest BCUT2D eigenvalue weighted by molar-refractivity contribution is 0.580. The molecule has 0 unspecified atom stereocenters. The van der Waals surface area contributed by atoms with Gasteiger partial charge in [0.25, 0.3) is 10.0 Å². The van der Waals surface area contributed by atoms with E-state index in [0.717, 1.165) is 31.0 Å². The Bertz CT molecular complexity index is 1020. The van der Waals surface area contributed by atoms with E-state index < -0.39 is 25.9 Å². The van der Waals surface area contributed by atoms with Crippen molar-refractivity contribution >= 4 is 37.3 Å². The highest BCUT2D eigenvalue weighted by molar-refractivity contribution is 7.93. The minimum Gasteiger partial charge on any atom is -0.280 e. The van der Waals surface area contributed by atoms with E-state index in [4.69, 9.17) is 11.6 Å². The second kappa shape index (κ2) is 6.56. The molecule has 1 aliphatic carbocycles. The highest BCUT2D eigenvalue weighted by Gasteiger charge is 2.28. The first-order valence-corrected chi connectivity index (χ1v) is 10.6. The SMILES string of the molecule is O=S(=O)(NC1CC1)c1cccc(NS(=O)(=O)c2ccc(F)cc2Cl)c1. The molecule has 10 heteroatoms. The summed E-state index contributed by atoms with van der Waals surface area (Å²) in [5.41, 5.74) is 0.0547. The van der Waals surface area contributed by atoms with Crippen LogP contribution in [0.4, 0.5) is 10.1 Å². The summed E-state index contributed by atoms with van der Waals surface area (Å²) >= 11 is 5.78. The van der Waals surface area contributed by atoms with Crippen LogP contribution in [-0.4, -0.2) is 22.9 Å². The van der Waals surface area contributed by atoms with Gasteiger partial charge in [0.15, 0.2) is 0 Å². The van der Waals surface area contributed by atoms with Crippen molar-refractivity contribution in [2.45, 2.75) is 28.7 Å². The number of halogens is 2. The molecule has 0 bridgehead atoms. The van der Waals surface area contributed by atoms with Crippen LogP contribution in [0.3, 0.4) is 0 Å². The van der Waals surface area contributed by atoms with Crippen molar-refractivity contribution in [1.82, 2.24) is 4.72 Å². The lowest BCUT2D eigenvalue weighted by atomic mass is 10.3. The molecule has 1 fully saturated rings. The van der Waals surface area contributed by atoms with Crippen LogP contribution in [0.15, 0.2) is 52.3 Å². The summed E-state index contributed by atoms with van der Waals surface area (Å²) in [6, 6.07) is 8.24. The van der Waals surface area contributed by atoms with E-state index in [-0.39, 0.29) is 26.5 Å². The Balaban J connectivity index is 1.88. The fraction of sp³-hybridized carbons (Fsp3) is 0.200. The summed E-state index contributed by atoms with van der Waals surface area (Å²) in [7, 11) is -7.81. The molecule has 1 aliphatic rings. The van der Waals surface area contributed by atoms with Gasteiger partial charge in [-0.15, -0.1) is 0 Å². The Hall–Kier alpha value is -1.68. The van der Waals surface area contributed by atoms with Gasteiger partial charge in [-0.1, -0.05) is 17.7 Å². The van der Waals surface area contributed by atoms with Crippen LogP contribution < -0.4 is 9.44 Å². The number of rotatable bonds is 6. The third-order valence-corrected chi connectivity index (χ3v) is 6.86. The van der Waals surface area contributed by atoms with Gasteiger partial charge in [-0.05, 0) is 49.2 Å². The van der Waals surface area contributed by atoms with E-state index in [1.807, 2.05) is 0 Å². The minimum atomic E-state index is -4.10. The molecule has 25 heavy (non-hydrogen) atoms. The van der Waals surface area contributed by atoms with E-state index in [9.17, 15) is 21.2 Å².